The minimum atomic E-state index is 0.150. The predicted octanol–water partition coefficient (Wildman–Crippen LogP) is 2.72. The molecule has 126 valence electrons. The Labute approximate surface area is 142 Å². The van der Waals surface area contributed by atoms with E-state index in [0.717, 1.165) is 55.0 Å². The Hall–Kier alpha value is -2.14. The van der Waals surface area contributed by atoms with Gasteiger partial charge in [-0.05, 0) is 50.3 Å². The van der Waals surface area contributed by atoms with Crippen LogP contribution in [0, 0.1) is 18.3 Å². The molecule has 4 rings (SSSR count). The largest absolute Gasteiger partial charge is 0.317 e. The van der Waals surface area contributed by atoms with Crippen molar-refractivity contribution in [1.29, 1.82) is 0 Å². The van der Waals surface area contributed by atoms with Crippen molar-refractivity contribution in [3.63, 3.8) is 0 Å². The summed E-state index contributed by atoms with van der Waals surface area (Å²) in [5.41, 5.74) is 3.29. The summed E-state index contributed by atoms with van der Waals surface area (Å²) in [4.78, 5) is 12.8. The molecule has 1 saturated heterocycles. The van der Waals surface area contributed by atoms with Crippen molar-refractivity contribution in [3.8, 4) is 11.1 Å². The topological polar surface area (TPSA) is 59.0 Å². The molecule has 2 aromatic rings. The third-order valence-corrected chi connectivity index (χ3v) is 5.63. The van der Waals surface area contributed by atoms with Gasteiger partial charge in [0.25, 0.3) is 0 Å². The maximum absolute atomic E-state index is 12.8. The molecule has 1 saturated carbocycles. The van der Waals surface area contributed by atoms with Gasteiger partial charge in [0.2, 0.25) is 5.91 Å². The zero-order chi connectivity index (χ0) is 16.7. The number of hydrogen-bond donors (Lipinski definition) is 2. The van der Waals surface area contributed by atoms with E-state index in [-0.39, 0.29) is 17.2 Å². The van der Waals surface area contributed by atoms with Gasteiger partial charge in [0.1, 0.15) is 5.82 Å². The van der Waals surface area contributed by atoms with Gasteiger partial charge in [0, 0.05) is 18.5 Å². The number of piperidine rings is 1. The first-order valence-electron chi connectivity index (χ1n) is 8.71. The van der Waals surface area contributed by atoms with E-state index in [0.29, 0.717) is 0 Å². The first-order chi connectivity index (χ1) is 11.6. The van der Waals surface area contributed by atoms with Gasteiger partial charge in [-0.1, -0.05) is 30.3 Å². The number of carbonyl (C=O) groups is 1. The molecule has 1 aliphatic heterocycles. The van der Waals surface area contributed by atoms with Crippen LogP contribution >= 0.6 is 0 Å². The molecule has 1 amide bonds. The third-order valence-electron chi connectivity index (χ3n) is 5.63. The van der Waals surface area contributed by atoms with E-state index < -0.39 is 0 Å². The molecule has 2 fully saturated rings. The van der Waals surface area contributed by atoms with Gasteiger partial charge in [0.05, 0.1) is 5.69 Å². The number of aromatic nitrogens is 2. The Kier molecular flexibility index (Phi) is 3.68. The lowest BCUT2D eigenvalue weighted by molar-refractivity contribution is -0.118. The van der Waals surface area contributed by atoms with Gasteiger partial charge in [0.15, 0.2) is 0 Å². The molecule has 1 aliphatic carbocycles. The molecule has 5 nitrogen and oxygen atoms in total. The first-order valence-corrected chi connectivity index (χ1v) is 8.71. The molecule has 0 bridgehead atoms. The summed E-state index contributed by atoms with van der Waals surface area (Å²) in [5, 5.41) is 11.1. The molecule has 1 spiro atoms. The second-order valence-corrected chi connectivity index (χ2v) is 7.16. The average molecular weight is 324 g/mol. The number of nitrogens with zero attached hydrogens (tertiary/aromatic N) is 2. The lowest BCUT2D eigenvalue weighted by Crippen LogP contribution is -2.31. The summed E-state index contributed by atoms with van der Waals surface area (Å²) in [6.07, 6.45) is 3.25. The van der Waals surface area contributed by atoms with E-state index in [2.05, 4.69) is 27.9 Å². The number of hydrogen-bond acceptors (Lipinski definition) is 3. The zero-order valence-corrected chi connectivity index (χ0v) is 14.3. The van der Waals surface area contributed by atoms with Crippen molar-refractivity contribution in [1.82, 2.24) is 15.1 Å². The summed E-state index contributed by atoms with van der Waals surface area (Å²) in [6.45, 7) is 4.05. The number of amides is 1. The van der Waals surface area contributed by atoms with Gasteiger partial charge in [-0.3, -0.25) is 9.48 Å². The van der Waals surface area contributed by atoms with Gasteiger partial charge in [-0.25, -0.2) is 0 Å². The van der Waals surface area contributed by atoms with Crippen molar-refractivity contribution in [3.05, 3.63) is 36.0 Å². The van der Waals surface area contributed by atoms with Crippen LogP contribution < -0.4 is 10.6 Å². The van der Waals surface area contributed by atoms with Crippen LogP contribution in [0.4, 0.5) is 5.82 Å². The number of benzene rings is 1. The van der Waals surface area contributed by atoms with Crippen LogP contribution in [-0.4, -0.2) is 28.8 Å². The second-order valence-electron chi connectivity index (χ2n) is 7.16. The van der Waals surface area contributed by atoms with Crippen molar-refractivity contribution >= 4 is 11.7 Å². The van der Waals surface area contributed by atoms with Crippen LogP contribution in [0.15, 0.2) is 30.3 Å². The van der Waals surface area contributed by atoms with Gasteiger partial charge in [-0.15, -0.1) is 0 Å². The highest BCUT2D eigenvalue weighted by atomic mass is 16.2. The normalized spacial score (nSPS) is 21.7. The fraction of sp³-hybridized carbons (Fsp3) is 0.474. The van der Waals surface area contributed by atoms with Crippen LogP contribution in [-0.2, 0) is 11.8 Å². The Bertz CT molecular complexity index is 759. The third kappa shape index (κ3) is 2.53. The van der Waals surface area contributed by atoms with E-state index in [1.54, 1.807) is 4.68 Å². The van der Waals surface area contributed by atoms with E-state index in [9.17, 15) is 4.79 Å². The zero-order valence-electron chi connectivity index (χ0n) is 14.3. The lowest BCUT2D eigenvalue weighted by Gasteiger charge is -2.23. The minimum Gasteiger partial charge on any atom is -0.317 e. The number of aryl methyl sites for hydroxylation is 2. The number of nitrogens with one attached hydrogen (secondary N) is 2. The summed E-state index contributed by atoms with van der Waals surface area (Å²) >= 11 is 0. The average Bonchev–Trinajstić information content (AvgIpc) is 3.20. The highest BCUT2D eigenvalue weighted by Crippen LogP contribution is 2.58. The molecular weight excluding hydrogens is 300 g/mol. The minimum absolute atomic E-state index is 0.150. The molecule has 2 aliphatic rings. The highest BCUT2D eigenvalue weighted by molar-refractivity contribution is 5.98. The van der Waals surface area contributed by atoms with E-state index >= 15 is 0 Å². The quantitative estimate of drug-likeness (QED) is 0.913. The monoisotopic (exact) mass is 324 g/mol. The molecule has 5 heteroatoms. The van der Waals surface area contributed by atoms with Crippen molar-refractivity contribution < 1.29 is 4.79 Å². The highest BCUT2D eigenvalue weighted by Gasteiger charge is 2.57. The van der Waals surface area contributed by atoms with E-state index in [1.165, 1.54) is 0 Å². The molecule has 2 heterocycles. The fourth-order valence-corrected chi connectivity index (χ4v) is 4.15. The van der Waals surface area contributed by atoms with Gasteiger partial charge in [-0.2, -0.15) is 5.10 Å². The summed E-state index contributed by atoms with van der Waals surface area (Å²) < 4.78 is 1.78. The summed E-state index contributed by atoms with van der Waals surface area (Å²) in [7, 11) is 1.89. The van der Waals surface area contributed by atoms with Crippen molar-refractivity contribution in [2.45, 2.75) is 26.2 Å². The lowest BCUT2D eigenvalue weighted by atomic mass is 9.92. The molecule has 0 radical (unpaired) electrons. The van der Waals surface area contributed by atoms with Crippen LogP contribution in [0.25, 0.3) is 11.1 Å². The van der Waals surface area contributed by atoms with E-state index in [4.69, 9.17) is 0 Å². The second kappa shape index (κ2) is 5.74. The summed E-state index contributed by atoms with van der Waals surface area (Å²) in [5.74, 6) is 1.11. The number of anilines is 1. The van der Waals surface area contributed by atoms with Crippen LogP contribution in [0.5, 0.6) is 0 Å². The van der Waals surface area contributed by atoms with Crippen LogP contribution in [0.3, 0.4) is 0 Å². The Morgan fingerprint density at radius 1 is 1.29 bits per heavy atom. The fourth-order valence-electron chi connectivity index (χ4n) is 4.15. The van der Waals surface area contributed by atoms with Crippen molar-refractivity contribution in [2.24, 2.45) is 18.4 Å². The molecule has 24 heavy (non-hydrogen) atoms. The molecule has 1 aromatic carbocycles. The summed E-state index contributed by atoms with van der Waals surface area (Å²) in [6, 6.07) is 10.1. The maximum Gasteiger partial charge on any atom is 0.229 e. The number of carbonyl (C=O) groups excluding carboxylic acids is 1. The van der Waals surface area contributed by atoms with E-state index in [1.807, 2.05) is 32.2 Å². The first kappa shape index (κ1) is 15.4. The maximum atomic E-state index is 12.8. The SMILES string of the molecule is Cc1nn(C)c(NC(=O)C2CC23CCNCC3)c1-c1ccccc1. The molecule has 1 unspecified atom stereocenters. The Balaban J connectivity index is 1.58. The molecule has 1 atom stereocenters. The Morgan fingerprint density at radius 3 is 2.71 bits per heavy atom. The van der Waals surface area contributed by atoms with Crippen LogP contribution in [0.2, 0.25) is 0 Å². The van der Waals surface area contributed by atoms with Gasteiger partial charge < -0.3 is 10.6 Å². The predicted molar refractivity (Wildman–Crippen MR) is 94.7 cm³/mol. The molecular formula is C19H24N4O. The number of rotatable bonds is 3. The standard InChI is InChI=1S/C19H24N4O/c1-13-16(14-6-4-3-5-7-14)17(23(2)22-13)21-18(24)15-12-19(15)8-10-20-11-9-19/h3-7,15,20H,8-12H2,1-2H3,(H,21,24). The molecule has 2 N–H and O–H groups in total. The smallest absolute Gasteiger partial charge is 0.229 e. The molecule has 1 aromatic heterocycles. The Morgan fingerprint density at radius 2 is 2.00 bits per heavy atom. The van der Waals surface area contributed by atoms with Gasteiger partial charge >= 0.3 is 0 Å². The van der Waals surface area contributed by atoms with Crippen LogP contribution in [0.1, 0.15) is 25.0 Å². The van der Waals surface area contributed by atoms with Crippen molar-refractivity contribution in [2.75, 3.05) is 18.4 Å².